The number of phenolic OH excluding ortho intramolecular Hbond substituents is 1. The number of methoxy groups -OCH3 is 2. The summed E-state index contributed by atoms with van der Waals surface area (Å²) in [7, 11) is 4.78. The maximum Gasteiger partial charge on any atom is 0.257 e. The van der Waals surface area contributed by atoms with Gasteiger partial charge in [0.05, 0.1) is 19.8 Å². The molecule has 0 radical (unpaired) electrons. The Morgan fingerprint density at radius 2 is 1.97 bits per heavy atom. The molecule has 32 heavy (non-hydrogen) atoms. The number of ether oxygens (including phenoxy) is 4. The third kappa shape index (κ3) is 3.77. The first kappa shape index (κ1) is 21.4. The number of nitrogens with one attached hydrogen (secondary N) is 1. The molecule has 9 heteroatoms. The van der Waals surface area contributed by atoms with Crippen molar-refractivity contribution < 1.29 is 33.6 Å². The Hall–Kier alpha value is -3.88. The molecule has 2 aromatic rings. The molecule has 0 saturated carbocycles. The Morgan fingerprint density at radius 3 is 2.72 bits per heavy atom. The number of carbonyl (C=O) groups is 2. The highest BCUT2D eigenvalue weighted by Gasteiger charge is 2.35. The molecule has 168 valence electrons. The van der Waals surface area contributed by atoms with Crippen LogP contribution in [0.5, 0.6) is 28.7 Å². The van der Waals surface area contributed by atoms with Gasteiger partial charge in [-0.05, 0) is 35.8 Å². The van der Waals surface area contributed by atoms with Gasteiger partial charge in [0.15, 0.2) is 23.0 Å². The van der Waals surface area contributed by atoms with Crippen LogP contribution < -0.4 is 24.3 Å². The number of benzene rings is 2. The van der Waals surface area contributed by atoms with Crippen molar-refractivity contribution in [3.8, 4) is 28.7 Å². The van der Waals surface area contributed by atoms with Gasteiger partial charge in [0.25, 0.3) is 5.91 Å². The van der Waals surface area contributed by atoms with Crippen LogP contribution in [0.25, 0.3) is 6.08 Å². The molecule has 0 atom stereocenters. The Bertz CT molecular complexity index is 1110. The van der Waals surface area contributed by atoms with E-state index in [1.807, 2.05) is 6.07 Å². The predicted octanol–water partition coefficient (Wildman–Crippen LogP) is 2.10. The smallest absolute Gasteiger partial charge is 0.257 e. The van der Waals surface area contributed by atoms with Crippen molar-refractivity contribution >= 4 is 17.9 Å². The lowest BCUT2D eigenvalue weighted by molar-refractivity contribution is -0.116. The van der Waals surface area contributed by atoms with E-state index in [-0.39, 0.29) is 42.2 Å². The number of nitrogens with zero attached hydrogens (tertiary/aromatic N) is 1. The summed E-state index contributed by atoms with van der Waals surface area (Å²) in [4.78, 5) is 26.6. The minimum Gasteiger partial charge on any atom is -0.504 e. The number of aromatic hydroxyl groups is 1. The lowest BCUT2D eigenvalue weighted by atomic mass is 9.91. The standard InChI is InChI=1S/C23H24N2O7/c1-25-9-8-14-15(21-22(32-12-31-21)20(27)19(14)23(25)28)11-24-18(26)7-5-13-4-6-16(29-2)17(10-13)30-3/h4-7,10,27H,8-9,11-12H2,1-3H3,(H,24,26). The van der Waals surface area contributed by atoms with Crippen LogP contribution in [0.1, 0.15) is 27.0 Å². The number of carbonyl (C=O) groups excluding carboxylic acids is 2. The fraction of sp³-hybridized carbons (Fsp3) is 0.304. The Labute approximate surface area is 185 Å². The summed E-state index contributed by atoms with van der Waals surface area (Å²) in [6.45, 7) is 0.571. The maximum atomic E-state index is 12.6. The quantitative estimate of drug-likeness (QED) is 0.663. The molecule has 2 aromatic carbocycles. The lowest BCUT2D eigenvalue weighted by Gasteiger charge is -2.28. The first-order chi connectivity index (χ1) is 15.4. The van der Waals surface area contributed by atoms with Crippen molar-refractivity contribution in [1.82, 2.24) is 10.2 Å². The van der Waals surface area contributed by atoms with Gasteiger partial charge in [-0.15, -0.1) is 0 Å². The second kappa shape index (κ2) is 8.70. The normalized spacial score (nSPS) is 14.5. The van der Waals surface area contributed by atoms with Crippen molar-refractivity contribution in [2.45, 2.75) is 13.0 Å². The van der Waals surface area contributed by atoms with Crippen molar-refractivity contribution in [1.29, 1.82) is 0 Å². The van der Waals surface area contributed by atoms with E-state index in [2.05, 4.69) is 5.32 Å². The summed E-state index contributed by atoms with van der Waals surface area (Å²) < 4.78 is 21.4. The van der Waals surface area contributed by atoms with Crippen molar-refractivity contribution in [3.63, 3.8) is 0 Å². The van der Waals surface area contributed by atoms with E-state index >= 15 is 0 Å². The Balaban J connectivity index is 1.54. The van der Waals surface area contributed by atoms with Gasteiger partial charge in [-0.25, -0.2) is 0 Å². The molecule has 0 bridgehead atoms. The van der Waals surface area contributed by atoms with Crippen molar-refractivity contribution in [2.24, 2.45) is 0 Å². The van der Waals surface area contributed by atoms with E-state index in [1.165, 1.54) is 6.08 Å². The van der Waals surface area contributed by atoms with Gasteiger partial charge in [-0.3, -0.25) is 9.59 Å². The van der Waals surface area contributed by atoms with Gasteiger partial charge in [0, 0.05) is 31.8 Å². The zero-order valence-corrected chi connectivity index (χ0v) is 18.1. The highest BCUT2D eigenvalue weighted by Crippen LogP contribution is 2.48. The SMILES string of the molecule is COc1ccc(C=CC(=O)NCc2c3c(c(O)c4c2OCO4)C(=O)N(C)CC3)cc1OC. The summed E-state index contributed by atoms with van der Waals surface area (Å²) in [6.07, 6.45) is 3.60. The molecular weight excluding hydrogens is 416 g/mol. The third-order valence-corrected chi connectivity index (χ3v) is 5.54. The fourth-order valence-electron chi connectivity index (χ4n) is 3.85. The number of rotatable bonds is 6. The van der Waals surface area contributed by atoms with E-state index in [4.69, 9.17) is 18.9 Å². The van der Waals surface area contributed by atoms with Crippen LogP contribution in [-0.2, 0) is 17.8 Å². The van der Waals surface area contributed by atoms with Crippen molar-refractivity contribution in [3.05, 3.63) is 46.5 Å². The van der Waals surface area contributed by atoms with Gasteiger partial charge in [0.1, 0.15) is 0 Å². The summed E-state index contributed by atoms with van der Waals surface area (Å²) in [6, 6.07) is 5.33. The van der Waals surface area contributed by atoms with Gasteiger partial charge in [-0.1, -0.05) is 6.07 Å². The van der Waals surface area contributed by atoms with Crippen molar-refractivity contribution in [2.75, 3.05) is 34.6 Å². The van der Waals surface area contributed by atoms with Crippen LogP contribution in [0.2, 0.25) is 0 Å². The number of likely N-dealkylation sites (N-methyl/N-ethyl adjacent to an activating group) is 1. The number of hydrogen-bond donors (Lipinski definition) is 2. The van der Waals surface area contributed by atoms with Gasteiger partial charge in [-0.2, -0.15) is 0 Å². The highest BCUT2D eigenvalue weighted by molar-refractivity contribution is 6.01. The van der Waals surface area contributed by atoms with Gasteiger partial charge in [0.2, 0.25) is 18.4 Å². The molecular formula is C23H24N2O7. The monoisotopic (exact) mass is 440 g/mol. The van der Waals surface area contributed by atoms with E-state index in [1.54, 1.807) is 44.4 Å². The molecule has 0 spiro atoms. The minimum atomic E-state index is -0.325. The number of fused-ring (bicyclic) bond motifs is 2. The van der Waals surface area contributed by atoms with E-state index in [9.17, 15) is 14.7 Å². The number of amides is 2. The summed E-state index contributed by atoms with van der Waals surface area (Å²) in [5.41, 5.74) is 2.28. The molecule has 4 rings (SSSR count). The number of phenols is 1. The zero-order valence-electron chi connectivity index (χ0n) is 18.1. The first-order valence-corrected chi connectivity index (χ1v) is 10.0. The topological polar surface area (TPSA) is 107 Å². The molecule has 0 aromatic heterocycles. The van der Waals surface area contributed by atoms with E-state index < -0.39 is 0 Å². The molecule has 0 fully saturated rings. The molecule has 0 aliphatic carbocycles. The molecule has 0 saturated heterocycles. The largest absolute Gasteiger partial charge is 0.504 e. The van der Waals surface area contributed by atoms with E-state index in [0.717, 1.165) is 5.56 Å². The van der Waals surface area contributed by atoms with E-state index in [0.29, 0.717) is 41.3 Å². The third-order valence-electron chi connectivity index (χ3n) is 5.54. The predicted molar refractivity (Wildman–Crippen MR) is 115 cm³/mol. The number of hydrogen-bond acceptors (Lipinski definition) is 7. The minimum absolute atomic E-state index is 0.0596. The molecule has 9 nitrogen and oxygen atoms in total. The first-order valence-electron chi connectivity index (χ1n) is 10.0. The van der Waals surface area contributed by atoms with Crippen LogP contribution in [-0.4, -0.2) is 56.4 Å². The van der Waals surface area contributed by atoms with Crippen LogP contribution >= 0.6 is 0 Å². The molecule has 2 aliphatic rings. The van der Waals surface area contributed by atoms with Gasteiger partial charge < -0.3 is 34.3 Å². The molecule has 0 unspecified atom stereocenters. The highest BCUT2D eigenvalue weighted by atomic mass is 16.7. The average Bonchev–Trinajstić information content (AvgIpc) is 3.29. The summed E-state index contributed by atoms with van der Waals surface area (Å²) >= 11 is 0. The lowest BCUT2D eigenvalue weighted by Crippen LogP contribution is -2.35. The second-order valence-electron chi connectivity index (χ2n) is 7.39. The molecule has 2 aliphatic heterocycles. The summed E-state index contributed by atoms with van der Waals surface area (Å²) in [5.74, 6) is 0.833. The maximum absolute atomic E-state index is 12.6. The van der Waals surface area contributed by atoms with Gasteiger partial charge >= 0.3 is 0 Å². The zero-order chi connectivity index (χ0) is 22.8. The Morgan fingerprint density at radius 1 is 1.22 bits per heavy atom. The van der Waals surface area contributed by atoms with Crippen LogP contribution in [0.3, 0.4) is 0 Å². The van der Waals surface area contributed by atoms with Crippen LogP contribution in [0.4, 0.5) is 0 Å². The molecule has 2 N–H and O–H groups in total. The average molecular weight is 440 g/mol. The molecule has 2 heterocycles. The summed E-state index contributed by atoms with van der Waals surface area (Å²) in [5, 5.41) is 13.4. The second-order valence-corrected chi connectivity index (χ2v) is 7.39. The van der Waals surface area contributed by atoms with Crippen LogP contribution in [0, 0.1) is 0 Å². The Kier molecular flexibility index (Phi) is 5.81. The van der Waals surface area contributed by atoms with Crippen LogP contribution in [0.15, 0.2) is 24.3 Å². The molecule has 2 amide bonds. The fourth-order valence-corrected chi connectivity index (χ4v) is 3.85.